The van der Waals surface area contributed by atoms with Crippen molar-refractivity contribution in [2.75, 3.05) is 5.32 Å². The Balaban J connectivity index is 1.76. The van der Waals surface area contributed by atoms with Crippen molar-refractivity contribution in [3.05, 3.63) is 70.0 Å². The van der Waals surface area contributed by atoms with Crippen LogP contribution in [-0.4, -0.2) is 21.4 Å². The van der Waals surface area contributed by atoms with Crippen molar-refractivity contribution in [2.24, 2.45) is 0 Å². The summed E-state index contributed by atoms with van der Waals surface area (Å²) in [5.74, 6) is 0.603. The van der Waals surface area contributed by atoms with Gasteiger partial charge < -0.3 is 10.1 Å². The minimum absolute atomic E-state index is 0.0672. The molecule has 27 heavy (non-hydrogen) atoms. The molecule has 0 amide bonds. The Labute approximate surface area is 163 Å². The van der Waals surface area contributed by atoms with Crippen LogP contribution in [0.15, 0.2) is 48.8 Å². The van der Waals surface area contributed by atoms with Gasteiger partial charge >= 0.3 is 6.61 Å². The molecular formula is C18H14Cl2F2N4O. The molecule has 0 spiro atoms. The number of ether oxygens (including phenoxy) is 1. The van der Waals surface area contributed by atoms with Gasteiger partial charge in [0.05, 0.1) is 12.1 Å². The molecule has 0 fully saturated rings. The normalized spacial score (nSPS) is 18.9. The van der Waals surface area contributed by atoms with Gasteiger partial charge in [0, 0.05) is 15.6 Å². The second-order valence-electron chi connectivity index (χ2n) is 6.09. The minimum atomic E-state index is -2.94. The maximum atomic E-state index is 12.9. The average Bonchev–Trinajstić information content (AvgIpc) is 3.11. The number of halogens is 4. The summed E-state index contributed by atoms with van der Waals surface area (Å²) in [5, 5.41) is 8.62. The van der Waals surface area contributed by atoms with Gasteiger partial charge in [-0.25, -0.2) is 4.68 Å². The first kappa shape index (κ1) is 18.0. The Morgan fingerprint density at radius 1 is 1.11 bits per heavy atom. The number of nitrogens with one attached hydrogen (secondary N) is 1. The lowest BCUT2D eigenvalue weighted by Crippen LogP contribution is -2.28. The molecule has 1 aromatic heterocycles. The largest absolute Gasteiger partial charge is 0.434 e. The molecule has 1 aliphatic rings. The van der Waals surface area contributed by atoms with Gasteiger partial charge in [0.1, 0.15) is 12.1 Å². The molecule has 0 saturated carbocycles. The van der Waals surface area contributed by atoms with E-state index in [0.29, 0.717) is 28.0 Å². The summed E-state index contributed by atoms with van der Waals surface area (Å²) in [6.07, 6.45) is 1.95. The number of aromatic nitrogens is 3. The smallest absolute Gasteiger partial charge is 0.387 e. The number of benzene rings is 2. The van der Waals surface area contributed by atoms with Crippen LogP contribution in [0, 0.1) is 0 Å². The molecule has 2 atom stereocenters. The second-order valence-corrected chi connectivity index (χ2v) is 6.96. The number of rotatable bonds is 4. The number of nitrogens with zero attached hydrogens (tertiary/aromatic N) is 3. The zero-order valence-corrected chi connectivity index (χ0v) is 15.3. The molecule has 2 heterocycles. The van der Waals surface area contributed by atoms with Crippen molar-refractivity contribution in [1.82, 2.24) is 14.8 Å². The Bertz CT molecular complexity index is 949. The summed E-state index contributed by atoms with van der Waals surface area (Å²) in [6.45, 7) is -2.94. The third-order valence-electron chi connectivity index (χ3n) is 4.45. The number of hydrogen-bond acceptors (Lipinski definition) is 4. The molecule has 0 saturated heterocycles. The standard InChI is InChI=1S/C18H14Cl2F2N4O/c19-11-3-1-10(2-4-11)14-8-15(26-18(25-14)23-9-24-26)13-7-12(20)5-6-16(13)27-17(21)22/h1-7,9,14-15,17H,8H2,(H,23,24,25)/t14-,15+/m0/s1. The van der Waals surface area contributed by atoms with Gasteiger partial charge in [-0.05, 0) is 42.3 Å². The Hall–Kier alpha value is -2.38. The third kappa shape index (κ3) is 3.70. The molecular weight excluding hydrogens is 397 g/mol. The fourth-order valence-electron chi connectivity index (χ4n) is 3.28. The summed E-state index contributed by atoms with van der Waals surface area (Å²) in [5.41, 5.74) is 1.52. The van der Waals surface area contributed by atoms with Gasteiger partial charge in [0.15, 0.2) is 0 Å². The predicted molar refractivity (Wildman–Crippen MR) is 98.7 cm³/mol. The average molecular weight is 411 g/mol. The first-order chi connectivity index (χ1) is 13.0. The van der Waals surface area contributed by atoms with Crippen LogP contribution in [0.1, 0.15) is 29.6 Å². The summed E-state index contributed by atoms with van der Waals surface area (Å²) in [4.78, 5) is 4.23. The quantitative estimate of drug-likeness (QED) is 0.631. The summed E-state index contributed by atoms with van der Waals surface area (Å²) < 4.78 is 32.1. The van der Waals surface area contributed by atoms with Gasteiger partial charge in [-0.1, -0.05) is 35.3 Å². The monoisotopic (exact) mass is 410 g/mol. The van der Waals surface area contributed by atoms with E-state index in [1.807, 2.05) is 12.1 Å². The van der Waals surface area contributed by atoms with E-state index in [0.717, 1.165) is 5.56 Å². The highest BCUT2D eigenvalue weighted by atomic mass is 35.5. The first-order valence-corrected chi connectivity index (χ1v) is 8.92. The van der Waals surface area contributed by atoms with Crippen LogP contribution in [0.4, 0.5) is 14.7 Å². The highest BCUT2D eigenvalue weighted by molar-refractivity contribution is 6.30. The Morgan fingerprint density at radius 2 is 1.85 bits per heavy atom. The molecule has 5 nitrogen and oxygen atoms in total. The van der Waals surface area contributed by atoms with E-state index >= 15 is 0 Å². The molecule has 4 rings (SSSR count). The van der Waals surface area contributed by atoms with Crippen molar-refractivity contribution in [3.63, 3.8) is 0 Å². The summed E-state index contributed by atoms with van der Waals surface area (Å²) in [6, 6.07) is 11.5. The van der Waals surface area contributed by atoms with Crippen molar-refractivity contribution in [3.8, 4) is 5.75 Å². The first-order valence-electron chi connectivity index (χ1n) is 8.17. The van der Waals surface area contributed by atoms with E-state index in [-0.39, 0.29) is 17.8 Å². The van der Waals surface area contributed by atoms with Gasteiger partial charge in [0.2, 0.25) is 5.95 Å². The van der Waals surface area contributed by atoms with E-state index in [1.165, 1.54) is 18.5 Å². The zero-order valence-electron chi connectivity index (χ0n) is 13.8. The number of fused-ring (bicyclic) bond motifs is 1. The lowest BCUT2D eigenvalue weighted by Gasteiger charge is -2.32. The molecule has 1 N–H and O–H groups in total. The van der Waals surface area contributed by atoms with Gasteiger partial charge in [-0.2, -0.15) is 18.9 Å². The van der Waals surface area contributed by atoms with Crippen molar-refractivity contribution in [1.29, 1.82) is 0 Å². The Kier molecular flexibility index (Phi) is 4.88. The number of alkyl halides is 2. The third-order valence-corrected chi connectivity index (χ3v) is 4.94. The van der Waals surface area contributed by atoms with Crippen LogP contribution in [0.2, 0.25) is 10.0 Å². The van der Waals surface area contributed by atoms with E-state index < -0.39 is 6.61 Å². The fraction of sp³-hybridized carbons (Fsp3) is 0.222. The van der Waals surface area contributed by atoms with Crippen LogP contribution in [0.3, 0.4) is 0 Å². The maximum absolute atomic E-state index is 12.9. The fourth-order valence-corrected chi connectivity index (χ4v) is 3.58. The van der Waals surface area contributed by atoms with Gasteiger partial charge in [-0.3, -0.25) is 0 Å². The molecule has 9 heteroatoms. The number of hydrogen-bond donors (Lipinski definition) is 1. The maximum Gasteiger partial charge on any atom is 0.387 e. The highest BCUT2D eigenvalue weighted by Gasteiger charge is 2.32. The molecule has 0 aliphatic carbocycles. The van der Waals surface area contributed by atoms with Crippen molar-refractivity contribution in [2.45, 2.75) is 25.1 Å². The SMILES string of the molecule is FC(F)Oc1ccc(Cl)cc1[C@H]1C[C@@H](c2ccc(Cl)cc2)Nc2ncnn21. The summed E-state index contributed by atoms with van der Waals surface area (Å²) in [7, 11) is 0. The van der Waals surface area contributed by atoms with E-state index in [4.69, 9.17) is 27.9 Å². The van der Waals surface area contributed by atoms with Crippen molar-refractivity contribution >= 4 is 29.2 Å². The molecule has 1 aliphatic heterocycles. The second kappa shape index (κ2) is 7.32. The predicted octanol–water partition coefficient (Wildman–Crippen LogP) is 5.33. The minimum Gasteiger partial charge on any atom is -0.434 e. The topological polar surface area (TPSA) is 52.0 Å². The lowest BCUT2D eigenvalue weighted by atomic mass is 9.93. The van der Waals surface area contributed by atoms with E-state index in [2.05, 4.69) is 15.4 Å². The molecule has 3 aromatic rings. The zero-order chi connectivity index (χ0) is 19.0. The van der Waals surface area contributed by atoms with Crippen LogP contribution >= 0.6 is 23.2 Å². The van der Waals surface area contributed by atoms with E-state index in [1.54, 1.807) is 22.9 Å². The summed E-state index contributed by atoms with van der Waals surface area (Å²) >= 11 is 12.1. The lowest BCUT2D eigenvalue weighted by molar-refractivity contribution is -0.0507. The van der Waals surface area contributed by atoms with Crippen LogP contribution in [-0.2, 0) is 0 Å². The van der Waals surface area contributed by atoms with Crippen molar-refractivity contribution < 1.29 is 13.5 Å². The molecule has 0 unspecified atom stereocenters. The highest BCUT2D eigenvalue weighted by Crippen LogP contribution is 2.41. The number of anilines is 1. The van der Waals surface area contributed by atoms with Crippen LogP contribution in [0.25, 0.3) is 0 Å². The van der Waals surface area contributed by atoms with E-state index in [9.17, 15) is 8.78 Å². The Morgan fingerprint density at radius 3 is 2.59 bits per heavy atom. The van der Waals surface area contributed by atoms with Gasteiger partial charge in [0.25, 0.3) is 0 Å². The molecule has 140 valence electrons. The molecule has 0 bridgehead atoms. The van der Waals surface area contributed by atoms with Gasteiger partial charge in [-0.15, -0.1) is 0 Å². The van der Waals surface area contributed by atoms with Crippen LogP contribution < -0.4 is 10.1 Å². The molecule has 2 aromatic carbocycles. The molecule has 0 radical (unpaired) electrons. The van der Waals surface area contributed by atoms with Crippen LogP contribution in [0.5, 0.6) is 5.75 Å².